The fourth-order valence-electron chi connectivity index (χ4n) is 1.70. The van der Waals surface area contributed by atoms with E-state index in [1.807, 2.05) is 12.1 Å². The number of nitrogens with zero attached hydrogens (tertiary/aromatic N) is 2. The van der Waals surface area contributed by atoms with Gasteiger partial charge >= 0.3 is 6.01 Å². The third-order valence-electron chi connectivity index (χ3n) is 2.38. The lowest BCUT2D eigenvalue weighted by molar-refractivity contribution is 0.506. The number of nitrogens with two attached hydrogens (primary N) is 1. The molecule has 1 aromatic heterocycles. The maximum Gasteiger partial charge on any atom is 0.312 e. The first-order valence-corrected chi connectivity index (χ1v) is 5.54. The van der Waals surface area contributed by atoms with Crippen molar-refractivity contribution < 1.29 is 4.42 Å². The van der Waals surface area contributed by atoms with Crippen LogP contribution >= 0.6 is 11.8 Å². The van der Waals surface area contributed by atoms with Gasteiger partial charge in [-0.05, 0) is 18.1 Å². The lowest BCUT2D eigenvalue weighted by Gasteiger charge is -1.99. The number of hydrogen-bond donors (Lipinski definition) is 1. The molecule has 1 atom stereocenters. The van der Waals surface area contributed by atoms with E-state index in [1.54, 1.807) is 11.8 Å². The van der Waals surface area contributed by atoms with E-state index in [2.05, 4.69) is 22.3 Å². The Hall–Kier alpha value is -1.49. The van der Waals surface area contributed by atoms with Gasteiger partial charge in [0, 0.05) is 4.90 Å². The standard InChI is InChI=1S/C10H9N3OS/c11-10-13-12-9(14-10)8-5-6-3-1-2-4-7(6)15-8/h1-4,8H,5H2,(H2,11,13). The van der Waals surface area contributed by atoms with Crippen LogP contribution in [-0.4, -0.2) is 10.2 Å². The van der Waals surface area contributed by atoms with E-state index in [1.165, 1.54) is 10.5 Å². The average molecular weight is 219 g/mol. The van der Waals surface area contributed by atoms with E-state index >= 15 is 0 Å². The van der Waals surface area contributed by atoms with Gasteiger partial charge in [-0.1, -0.05) is 23.3 Å². The summed E-state index contributed by atoms with van der Waals surface area (Å²) in [6, 6.07) is 8.46. The summed E-state index contributed by atoms with van der Waals surface area (Å²) in [4.78, 5) is 1.29. The molecule has 2 aromatic rings. The van der Waals surface area contributed by atoms with Crippen molar-refractivity contribution in [3.63, 3.8) is 0 Å². The summed E-state index contributed by atoms with van der Waals surface area (Å²) in [7, 11) is 0. The topological polar surface area (TPSA) is 64.9 Å². The molecule has 5 heteroatoms. The van der Waals surface area contributed by atoms with Crippen LogP contribution in [0.15, 0.2) is 33.6 Å². The summed E-state index contributed by atoms with van der Waals surface area (Å²) in [6.45, 7) is 0. The number of benzene rings is 1. The van der Waals surface area contributed by atoms with Crippen molar-refractivity contribution in [2.24, 2.45) is 0 Å². The van der Waals surface area contributed by atoms with Gasteiger partial charge in [-0.15, -0.1) is 16.9 Å². The van der Waals surface area contributed by atoms with Crippen molar-refractivity contribution in [3.8, 4) is 0 Å². The highest BCUT2D eigenvalue weighted by Crippen LogP contribution is 2.45. The fraction of sp³-hybridized carbons (Fsp3) is 0.200. The van der Waals surface area contributed by atoms with Crippen molar-refractivity contribution >= 4 is 17.8 Å². The molecule has 0 saturated carbocycles. The molecule has 15 heavy (non-hydrogen) atoms. The van der Waals surface area contributed by atoms with Gasteiger partial charge < -0.3 is 10.2 Å². The number of aromatic nitrogens is 2. The van der Waals surface area contributed by atoms with Crippen LogP contribution in [0.1, 0.15) is 16.7 Å². The molecule has 3 rings (SSSR count). The Morgan fingerprint density at radius 2 is 2.20 bits per heavy atom. The second-order valence-corrected chi connectivity index (χ2v) is 4.64. The highest BCUT2D eigenvalue weighted by Gasteiger charge is 2.27. The van der Waals surface area contributed by atoms with Crippen molar-refractivity contribution in [2.75, 3.05) is 5.73 Å². The minimum Gasteiger partial charge on any atom is -0.407 e. The smallest absolute Gasteiger partial charge is 0.312 e. The first kappa shape index (κ1) is 8.79. The molecule has 0 amide bonds. The van der Waals surface area contributed by atoms with E-state index in [4.69, 9.17) is 10.2 Å². The van der Waals surface area contributed by atoms with Crippen molar-refractivity contribution in [1.29, 1.82) is 0 Å². The molecule has 1 unspecified atom stereocenters. The van der Waals surface area contributed by atoms with Crippen molar-refractivity contribution in [3.05, 3.63) is 35.7 Å². The van der Waals surface area contributed by atoms with Crippen LogP contribution < -0.4 is 5.73 Å². The quantitative estimate of drug-likeness (QED) is 0.795. The summed E-state index contributed by atoms with van der Waals surface area (Å²) in [5, 5.41) is 7.81. The molecule has 0 radical (unpaired) electrons. The van der Waals surface area contributed by atoms with Crippen LogP contribution in [0.5, 0.6) is 0 Å². The van der Waals surface area contributed by atoms with Gasteiger partial charge in [0.25, 0.3) is 0 Å². The van der Waals surface area contributed by atoms with Gasteiger partial charge in [0.2, 0.25) is 5.89 Å². The predicted octanol–water partition coefficient (Wildman–Crippen LogP) is 2.04. The number of nitrogen functional groups attached to an aromatic ring is 1. The average Bonchev–Trinajstić information content (AvgIpc) is 2.82. The van der Waals surface area contributed by atoms with E-state index < -0.39 is 0 Å². The van der Waals surface area contributed by atoms with Gasteiger partial charge in [-0.3, -0.25) is 0 Å². The van der Waals surface area contributed by atoms with E-state index in [0.717, 1.165) is 6.42 Å². The van der Waals surface area contributed by atoms with Crippen LogP contribution in [0.25, 0.3) is 0 Å². The molecule has 2 heterocycles. The van der Waals surface area contributed by atoms with Gasteiger partial charge in [0.05, 0.1) is 5.25 Å². The SMILES string of the molecule is Nc1nnc(C2Cc3ccccc3S2)o1. The van der Waals surface area contributed by atoms with Gasteiger partial charge in [0.15, 0.2) is 0 Å². The molecule has 2 N–H and O–H groups in total. The summed E-state index contributed by atoms with van der Waals surface area (Å²) in [5.41, 5.74) is 6.74. The second-order valence-electron chi connectivity index (χ2n) is 3.40. The molecule has 0 saturated heterocycles. The van der Waals surface area contributed by atoms with Crippen molar-refractivity contribution in [1.82, 2.24) is 10.2 Å². The summed E-state index contributed by atoms with van der Waals surface area (Å²) < 4.78 is 5.23. The predicted molar refractivity (Wildman–Crippen MR) is 57.5 cm³/mol. The molecular formula is C10H9N3OS. The van der Waals surface area contributed by atoms with Crippen LogP contribution in [0.3, 0.4) is 0 Å². The van der Waals surface area contributed by atoms with Crippen LogP contribution in [0.2, 0.25) is 0 Å². The number of anilines is 1. The Morgan fingerprint density at radius 3 is 2.93 bits per heavy atom. The zero-order valence-corrected chi connectivity index (χ0v) is 8.70. The number of rotatable bonds is 1. The van der Waals surface area contributed by atoms with Gasteiger partial charge in [0.1, 0.15) is 0 Å². The third-order valence-corrected chi connectivity index (χ3v) is 3.68. The number of hydrogen-bond acceptors (Lipinski definition) is 5. The van der Waals surface area contributed by atoms with E-state index in [0.29, 0.717) is 5.89 Å². The fourth-order valence-corrected chi connectivity index (χ4v) is 2.92. The van der Waals surface area contributed by atoms with Crippen LogP contribution in [-0.2, 0) is 6.42 Å². The molecular weight excluding hydrogens is 210 g/mol. The highest BCUT2D eigenvalue weighted by atomic mass is 32.2. The minimum absolute atomic E-state index is 0.140. The van der Waals surface area contributed by atoms with Crippen LogP contribution in [0, 0.1) is 0 Å². The van der Waals surface area contributed by atoms with E-state index in [-0.39, 0.29) is 11.3 Å². The summed E-state index contributed by atoms with van der Waals surface area (Å²) in [6.07, 6.45) is 0.933. The molecule has 1 aliphatic rings. The van der Waals surface area contributed by atoms with Gasteiger partial charge in [-0.25, -0.2) is 0 Å². The molecule has 0 aliphatic carbocycles. The maximum absolute atomic E-state index is 5.40. The molecule has 4 nitrogen and oxygen atoms in total. The number of thioether (sulfide) groups is 1. The highest BCUT2D eigenvalue weighted by molar-refractivity contribution is 7.99. The largest absolute Gasteiger partial charge is 0.407 e. The minimum atomic E-state index is 0.140. The summed E-state index contributed by atoms with van der Waals surface area (Å²) >= 11 is 1.75. The number of fused-ring (bicyclic) bond motifs is 1. The molecule has 1 aliphatic heterocycles. The van der Waals surface area contributed by atoms with E-state index in [9.17, 15) is 0 Å². The Bertz CT molecular complexity index is 472. The first-order valence-electron chi connectivity index (χ1n) is 4.66. The maximum atomic E-state index is 5.40. The Balaban J connectivity index is 1.90. The Morgan fingerprint density at radius 1 is 1.33 bits per heavy atom. The Labute approximate surface area is 90.9 Å². The zero-order chi connectivity index (χ0) is 10.3. The second kappa shape index (κ2) is 3.27. The van der Waals surface area contributed by atoms with Crippen molar-refractivity contribution in [2.45, 2.75) is 16.6 Å². The Kier molecular flexibility index (Phi) is 1.92. The van der Waals surface area contributed by atoms with Gasteiger partial charge in [-0.2, -0.15) is 0 Å². The zero-order valence-electron chi connectivity index (χ0n) is 7.88. The van der Waals surface area contributed by atoms with Crippen LogP contribution in [0.4, 0.5) is 6.01 Å². The molecule has 0 fully saturated rings. The molecule has 76 valence electrons. The summed E-state index contributed by atoms with van der Waals surface area (Å²) in [5.74, 6) is 0.619. The first-order chi connectivity index (χ1) is 7.33. The lowest BCUT2D eigenvalue weighted by Crippen LogP contribution is -1.92. The molecule has 1 aromatic carbocycles. The monoisotopic (exact) mass is 219 g/mol. The third kappa shape index (κ3) is 1.48. The molecule has 0 bridgehead atoms. The lowest BCUT2D eigenvalue weighted by atomic mass is 10.1. The molecule has 0 spiro atoms. The normalized spacial score (nSPS) is 19.1.